The summed E-state index contributed by atoms with van der Waals surface area (Å²) in [7, 11) is -5.78. The van der Waals surface area contributed by atoms with E-state index in [9.17, 15) is 0 Å². The molecule has 0 saturated heterocycles. The zero-order chi connectivity index (χ0) is 27.9. The molecule has 0 atom stereocenters. The summed E-state index contributed by atoms with van der Waals surface area (Å²) in [6.45, 7) is 21.0. The van der Waals surface area contributed by atoms with E-state index in [-0.39, 0.29) is 4.66 Å². The molecule has 0 rings (SSSR count). The molecular formula is C31H64O4Si2. The fourth-order valence-electron chi connectivity index (χ4n) is 4.25. The van der Waals surface area contributed by atoms with Crippen LogP contribution in [0.4, 0.5) is 0 Å². The van der Waals surface area contributed by atoms with Crippen molar-refractivity contribution in [3.63, 3.8) is 0 Å². The lowest BCUT2D eigenvalue weighted by molar-refractivity contribution is 0.127. The molecule has 0 heterocycles. The molecule has 37 heavy (non-hydrogen) atoms. The Morgan fingerprint density at radius 3 is 0.973 bits per heavy atom. The second-order valence-electron chi connectivity index (χ2n) is 10.9. The van der Waals surface area contributed by atoms with E-state index in [2.05, 4.69) is 78.9 Å². The van der Waals surface area contributed by atoms with Crippen LogP contribution in [-0.2, 0) is 17.7 Å². The molecular weight excluding hydrogens is 493 g/mol. The fraction of sp³-hybridized carbons (Fsp3) is 0.871. The van der Waals surface area contributed by atoms with Gasteiger partial charge in [0.1, 0.15) is 0 Å². The third-order valence-electron chi connectivity index (χ3n) is 7.12. The van der Waals surface area contributed by atoms with Crippen LogP contribution < -0.4 is 0 Å². The summed E-state index contributed by atoms with van der Waals surface area (Å²) in [5.41, 5.74) is 4.73. The van der Waals surface area contributed by atoms with Gasteiger partial charge in [-0.1, -0.05) is 119 Å². The SMILES string of the molecule is CCCCC=C[Si](OCCCC)(OCCCC)C(C)(C)[Si](C=CCCCC)(OCCCC)OCCCC. The molecule has 0 bridgehead atoms. The number of unbranched alkanes of at least 4 members (excludes halogenated alkanes) is 8. The Hall–Kier alpha value is -0.246. The monoisotopic (exact) mass is 556 g/mol. The van der Waals surface area contributed by atoms with Gasteiger partial charge in [0.15, 0.2) is 0 Å². The van der Waals surface area contributed by atoms with Crippen molar-refractivity contribution >= 4 is 17.1 Å². The molecule has 0 spiro atoms. The molecule has 4 nitrogen and oxygen atoms in total. The van der Waals surface area contributed by atoms with Crippen LogP contribution in [0.3, 0.4) is 0 Å². The highest BCUT2D eigenvalue weighted by Gasteiger charge is 2.65. The van der Waals surface area contributed by atoms with Gasteiger partial charge in [-0.2, -0.15) is 0 Å². The zero-order valence-corrected chi connectivity index (χ0v) is 28.2. The number of allylic oxidation sites excluding steroid dienone is 2. The average molecular weight is 557 g/mol. The minimum Gasteiger partial charge on any atom is -0.391 e. The third-order valence-corrected chi connectivity index (χ3v) is 16.6. The van der Waals surface area contributed by atoms with E-state index >= 15 is 0 Å². The zero-order valence-electron chi connectivity index (χ0n) is 26.2. The van der Waals surface area contributed by atoms with Gasteiger partial charge in [-0.25, -0.2) is 0 Å². The maximum absolute atomic E-state index is 6.98. The molecule has 0 aliphatic heterocycles. The van der Waals surface area contributed by atoms with E-state index in [4.69, 9.17) is 17.7 Å². The lowest BCUT2D eigenvalue weighted by Crippen LogP contribution is -2.65. The normalized spacial score (nSPS) is 13.4. The van der Waals surface area contributed by atoms with Crippen molar-refractivity contribution in [2.24, 2.45) is 0 Å². The Morgan fingerprint density at radius 2 is 0.730 bits per heavy atom. The summed E-state index contributed by atoms with van der Waals surface area (Å²) in [4.78, 5) is 0. The van der Waals surface area contributed by atoms with Gasteiger partial charge in [0.2, 0.25) is 0 Å². The number of rotatable bonds is 26. The lowest BCUT2D eigenvalue weighted by Gasteiger charge is -2.49. The predicted octanol–water partition coefficient (Wildman–Crippen LogP) is 10.0. The summed E-state index contributed by atoms with van der Waals surface area (Å²) in [6.07, 6.45) is 20.2. The smallest absolute Gasteiger partial charge is 0.372 e. The maximum Gasteiger partial charge on any atom is 0.372 e. The molecule has 0 radical (unpaired) electrons. The Kier molecular flexibility index (Phi) is 22.4. The molecule has 0 amide bonds. The summed E-state index contributed by atoms with van der Waals surface area (Å²) < 4.78 is 27.5. The number of hydrogen-bond acceptors (Lipinski definition) is 4. The third kappa shape index (κ3) is 13.1. The van der Waals surface area contributed by atoms with Gasteiger partial charge in [0.25, 0.3) is 0 Å². The molecule has 0 aliphatic carbocycles. The average Bonchev–Trinajstić information content (AvgIpc) is 2.88. The molecule has 220 valence electrons. The van der Waals surface area contributed by atoms with E-state index in [0.717, 1.165) is 90.6 Å². The van der Waals surface area contributed by atoms with Crippen LogP contribution >= 0.6 is 0 Å². The molecule has 0 unspecified atom stereocenters. The van der Waals surface area contributed by atoms with Gasteiger partial charge >= 0.3 is 17.1 Å². The largest absolute Gasteiger partial charge is 0.391 e. The van der Waals surface area contributed by atoms with E-state index in [1.165, 1.54) is 25.7 Å². The molecule has 0 aromatic heterocycles. The highest BCUT2D eigenvalue weighted by Crippen LogP contribution is 2.50. The minimum atomic E-state index is -2.89. The van der Waals surface area contributed by atoms with Gasteiger partial charge in [-0.05, 0) is 49.9 Å². The highest BCUT2D eigenvalue weighted by molar-refractivity contribution is 6.95. The van der Waals surface area contributed by atoms with Crippen LogP contribution in [-0.4, -0.2) is 43.5 Å². The van der Waals surface area contributed by atoms with E-state index in [0.29, 0.717) is 0 Å². The fourth-order valence-corrected chi connectivity index (χ4v) is 13.1. The predicted molar refractivity (Wildman–Crippen MR) is 166 cm³/mol. The van der Waals surface area contributed by atoms with Crippen LogP contribution in [0, 0.1) is 0 Å². The van der Waals surface area contributed by atoms with Crippen molar-refractivity contribution in [1.29, 1.82) is 0 Å². The van der Waals surface area contributed by atoms with Crippen molar-refractivity contribution in [3.05, 3.63) is 23.6 Å². The first kappa shape index (κ1) is 36.8. The van der Waals surface area contributed by atoms with Crippen LogP contribution in [0.15, 0.2) is 23.6 Å². The molecule has 0 saturated carbocycles. The molecule has 0 aromatic rings. The first-order valence-electron chi connectivity index (χ1n) is 15.8. The Morgan fingerprint density at radius 1 is 0.459 bits per heavy atom. The van der Waals surface area contributed by atoms with Gasteiger partial charge < -0.3 is 17.7 Å². The molecule has 0 aliphatic rings. The molecule has 0 fully saturated rings. The van der Waals surface area contributed by atoms with Crippen LogP contribution in [0.1, 0.15) is 145 Å². The Labute approximate surface area is 234 Å². The van der Waals surface area contributed by atoms with E-state index in [1.54, 1.807) is 0 Å². The van der Waals surface area contributed by atoms with Crippen molar-refractivity contribution in [3.8, 4) is 0 Å². The quantitative estimate of drug-likeness (QED) is 0.0784. The van der Waals surface area contributed by atoms with E-state index in [1.807, 2.05) is 0 Å². The van der Waals surface area contributed by atoms with Crippen LogP contribution in [0.25, 0.3) is 0 Å². The van der Waals surface area contributed by atoms with Crippen LogP contribution in [0.5, 0.6) is 0 Å². The lowest BCUT2D eigenvalue weighted by atomic mass is 10.2. The molecule has 0 N–H and O–H groups in total. The maximum atomic E-state index is 6.98. The minimum absolute atomic E-state index is 0.367. The van der Waals surface area contributed by atoms with Crippen molar-refractivity contribution in [1.82, 2.24) is 0 Å². The first-order valence-corrected chi connectivity index (χ1v) is 19.6. The van der Waals surface area contributed by atoms with Gasteiger partial charge in [0, 0.05) is 26.4 Å². The second kappa shape index (κ2) is 22.6. The summed E-state index contributed by atoms with van der Waals surface area (Å²) in [5, 5.41) is 0. The molecule has 0 aromatic carbocycles. The van der Waals surface area contributed by atoms with Gasteiger partial charge in [-0.3, -0.25) is 0 Å². The van der Waals surface area contributed by atoms with Crippen molar-refractivity contribution in [2.75, 3.05) is 26.4 Å². The van der Waals surface area contributed by atoms with Gasteiger partial charge in [0.05, 0.1) is 4.66 Å². The topological polar surface area (TPSA) is 36.9 Å². The van der Waals surface area contributed by atoms with E-state index < -0.39 is 17.1 Å². The highest BCUT2D eigenvalue weighted by atomic mass is 28.4. The van der Waals surface area contributed by atoms with Crippen molar-refractivity contribution in [2.45, 2.75) is 150 Å². The summed E-state index contributed by atoms with van der Waals surface area (Å²) >= 11 is 0. The van der Waals surface area contributed by atoms with Crippen LogP contribution in [0.2, 0.25) is 4.66 Å². The summed E-state index contributed by atoms with van der Waals surface area (Å²) in [6, 6.07) is 0. The summed E-state index contributed by atoms with van der Waals surface area (Å²) in [5.74, 6) is 0. The Balaban J connectivity index is 6.79. The van der Waals surface area contributed by atoms with Gasteiger partial charge in [-0.15, -0.1) is 0 Å². The standard InChI is InChI=1S/C31H64O4Si2/c1-9-15-21-23-29-36(32-25-17-11-3,33-26-18-12-4)31(7,8)37(34-27-19-13-5,35-28-20-14-6)30-24-22-16-10-2/h23-24,29-30H,9-22,25-28H2,1-8H3. The Bertz CT molecular complexity index is 510. The number of hydrogen-bond donors (Lipinski definition) is 0. The molecule has 6 heteroatoms. The second-order valence-corrected chi connectivity index (χ2v) is 18.3. The first-order chi connectivity index (χ1) is 17.9. The van der Waals surface area contributed by atoms with Crippen molar-refractivity contribution < 1.29 is 17.7 Å².